The van der Waals surface area contributed by atoms with Crippen LogP contribution in [0, 0.1) is 19.7 Å². The van der Waals surface area contributed by atoms with Crippen molar-refractivity contribution in [2.45, 2.75) is 13.8 Å². The van der Waals surface area contributed by atoms with E-state index in [0.717, 1.165) is 5.56 Å². The number of aromatic amines is 1. The number of rotatable bonds is 4. The van der Waals surface area contributed by atoms with E-state index in [2.05, 4.69) is 25.6 Å². The highest BCUT2D eigenvalue weighted by Crippen LogP contribution is 2.24. The lowest BCUT2D eigenvalue weighted by atomic mass is 10.2. The summed E-state index contributed by atoms with van der Waals surface area (Å²) >= 11 is 0. The van der Waals surface area contributed by atoms with Crippen LogP contribution in [0.1, 0.15) is 11.1 Å². The summed E-state index contributed by atoms with van der Waals surface area (Å²) < 4.78 is 19.2. The Balaban J connectivity index is 1.63. The minimum Gasteiger partial charge on any atom is -0.408 e. The molecule has 136 valence electrons. The van der Waals surface area contributed by atoms with Gasteiger partial charge in [0.05, 0.1) is 11.2 Å². The molecular weight excluding hydrogens is 349 g/mol. The van der Waals surface area contributed by atoms with Crippen LogP contribution in [-0.4, -0.2) is 15.0 Å². The number of hydrogen-bond donors (Lipinski definition) is 3. The van der Waals surface area contributed by atoms with E-state index in [9.17, 15) is 9.18 Å². The second kappa shape index (κ2) is 6.56. The molecule has 0 unspecified atom stereocenters. The molecule has 2 aromatic heterocycles. The fraction of sp³-hybridized carbons (Fsp3) is 0.105. The van der Waals surface area contributed by atoms with Crippen LogP contribution in [0.5, 0.6) is 0 Å². The fourth-order valence-corrected chi connectivity index (χ4v) is 2.66. The van der Waals surface area contributed by atoms with Gasteiger partial charge in [-0.15, -0.1) is 0 Å². The second-order valence-electron chi connectivity index (χ2n) is 6.14. The standard InChI is InChI=1S/C19H16FN5O2/c1-10-4-3-5-13(16(10)20)23-18-21-9-11(2)17(25-18)22-12-6-7-15-14(8-12)24-19(26)27-15/h3-9H,1-2H3,(H,24,26)(H2,21,22,23,25). The Morgan fingerprint density at radius 2 is 1.96 bits per heavy atom. The van der Waals surface area contributed by atoms with Gasteiger partial charge in [-0.3, -0.25) is 4.98 Å². The van der Waals surface area contributed by atoms with Crippen molar-refractivity contribution in [2.24, 2.45) is 0 Å². The zero-order valence-electron chi connectivity index (χ0n) is 14.6. The van der Waals surface area contributed by atoms with Gasteiger partial charge in [-0.25, -0.2) is 14.2 Å². The first-order chi connectivity index (χ1) is 13.0. The summed E-state index contributed by atoms with van der Waals surface area (Å²) in [4.78, 5) is 22.5. The molecule has 0 saturated heterocycles. The van der Waals surface area contributed by atoms with Gasteiger partial charge in [0.1, 0.15) is 11.6 Å². The molecule has 7 nitrogen and oxygen atoms in total. The highest BCUT2D eigenvalue weighted by Gasteiger charge is 2.10. The van der Waals surface area contributed by atoms with E-state index >= 15 is 0 Å². The van der Waals surface area contributed by atoms with Crippen LogP contribution in [0.2, 0.25) is 0 Å². The number of nitrogens with zero attached hydrogens (tertiary/aromatic N) is 2. The van der Waals surface area contributed by atoms with Gasteiger partial charge in [-0.1, -0.05) is 12.1 Å². The molecule has 0 atom stereocenters. The molecule has 0 radical (unpaired) electrons. The molecule has 0 spiro atoms. The molecule has 0 aliphatic rings. The molecule has 0 aliphatic heterocycles. The van der Waals surface area contributed by atoms with Gasteiger partial charge < -0.3 is 15.1 Å². The summed E-state index contributed by atoms with van der Waals surface area (Å²) in [6.07, 6.45) is 1.64. The van der Waals surface area contributed by atoms with Crippen LogP contribution in [0.3, 0.4) is 0 Å². The first kappa shape index (κ1) is 16.8. The number of nitrogens with one attached hydrogen (secondary N) is 3. The summed E-state index contributed by atoms with van der Waals surface area (Å²) in [5.74, 6) is -0.0197. The highest BCUT2D eigenvalue weighted by atomic mass is 19.1. The SMILES string of the molecule is Cc1cnc(Nc2cccc(C)c2F)nc1Nc1ccc2oc(=O)[nH]c2c1. The number of halogens is 1. The summed E-state index contributed by atoms with van der Waals surface area (Å²) in [6, 6.07) is 10.3. The molecule has 0 fully saturated rings. The van der Waals surface area contributed by atoms with E-state index < -0.39 is 5.76 Å². The van der Waals surface area contributed by atoms with Crippen LogP contribution >= 0.6 is 0 Å². The maximum absolute atomic E-state index is 14.2. The monoisotopic (exact) mass is 365 g/mol. The van der Waals surface area contributed by atoms with Crippen LogP contribution in [0.15, 0.2) is 51.8 Å². The lowest BCUT2D eigenvalue weighted by molar-refractivity contribution is 0.555. The van der Waals surface area contributed by atoms with Gasteiger partial charge in [0.15, 0.2) is 5.58 Å². The summed E-state index contributed by atoms with van der Waals surface area (Å²) in [5, 5.41) is 6.08. The molecule has 2 heterocycles. The van der Waals surface area contributed by atoms with Gasteiger partial charge in [0.2, 0.25) is 5.95 Å². The normalized spacial score (nSPS) is 10.9. The number of oxazole rings is 1. The average Bonchev–Trinajstić information content (AvgIpc) is 3.01. The predicted molar refractivity (Wildman–Crippen MR) is 101 cm³/mol. The molecule has 8 heteroatoms. The Labute approximate surface area is 153 Å². The Hall–Kier alpha value is -3.68. The number of aromatic nitrogens is 3. The molecule has 0 saturated carbocycles. The van der Waals surface area contributed by atoms with Crippen molar-refractivity contribution in [3.05, 3.63) is 70.1 Å². The number of aryl methyl sites for hydroxylation is 2. The minimum atomic E-state index is -0.507. The van der Waals surface area contributed by atoms with E-state index in [-0.39, 0.29) is 11.8 Å². The van der Waals surface area contributed by atoms with E-state index in [1.807, 2.05) is 6.92 Å². The predicted octanol–water partition coefficient (Wildman–Crippen LogP) is 4.15. The molecular formula is C19H16FN5O2. The van der Waals surface area contributed by atoms with Crippen LogP contribution < -0.4 is 16.4 Å². The summed E-state index contributed by atoms with van der Waals surface area (Å²) in [6.45, 7) is 3.55. The van der Waals surface area contributed by atoms with Gasteiger partial charge in [-0.2, -0.15) is 4.98 Å². The van der Waals surface area contributed by atoms with Crippen LogP contribution in [0.4, 0.5) is 27.5 Å². The third-order valence-corrected chi connectivity index (χ3v) is 4.09. The van der Waals surface area contributed by atoms with Crippen molar-refractivity contribution in [1.29, 1.82) is 0 Å². The molecule has 0 aliphatic carbocycles. The zero-order chi connectivity index (χ0) is 19.0. The fourth-order valence-electron chi connectivity index (χ4n) is 2.66. The number of hydrogen-bond acceptors (Lipinski definition) is 6. The molecule has 4 aromatic rings. The summed E-state index contributed by atoms with van der Waals surface area (Å²) in [7, 11) is 0. The molecule has 0 amide bonds. The average molecular weight is 365 g/mol. The number of fused-ring (bicyclic) bond motifs is 1. The first-order valence-electron chi connectivity index (χ1n) is 8.25. The Morgan fingerprint density at radius 1 is 1.11 bits per heavy atom. The zero-order valence-corrected chi connectivity index (χ0v) is 14.6. The van der Waals surface area contributed by atoms with Crippen LogP contribution in [0.25, 0.3) is 11.1 Å². The van der Waals surface area contributed by atoms with Crippen molar-refractivity contribution in [3.63, 3.8) is 0 Å². The summed E-state index contributed by atoms with van der Waals surface area (Å²) in [5.41, 5.74) is 3.43. The first-order valence-corrected chi connectivity index (χ1v) is 8.25. The maximum Gasteiger partial charge on any atom is 0.417 e. The minimum absolute atomic E-state index is 0.269. The van der Waals surface area contributed by atoms with Gasteiger partial charge >= 0.3 is 5.76 Å². The molecule has 27 heavy (non-hydrogen) atoms. The van der Waals surface area contributed by atoms with Gasteiger partial charge in [0.25, 0.3) is 0 Å². The molecule has 3 N–H and O–H groups in total. The third kappa shape index (κ3) is 3.37. The van der Waals surface area contributed by atoms with Crippen molar-refractivity contribution in [2.75, 3.05) is 10.6 Å². The quantitative estimate of drug-likeness (QED) is 0.503. The lowest BCUT2D eigenvalue weighted by Gasteiger charge is -2.12. The molecule has 4 rings (SSSR count). The van der Waals surface area contributed by atoms with E-state index in [0.29, 0.717) is 33.9 Å². The van der Waals surface area contributed by atoms with Gasteiger partial charge in [-0.05, 0) is 43.7 Å². The third-order valence-electron chi connectivity index (χ3n) is 4.09. The second-order valence-corrected chi connectivity index (χ2v) is 6.14. The topological polar surface area (TPSA) is 95.8 Å². The Bertz CT molecular complexity index is 1200. The smallest absolute Gasteiger partial charge is 0.408 e. The number of H-pyrrole nitrogens is 1. The van der Waals surface area contributed by atoms with E-state index in [1.165, 1.54) is 0 Å². The molecule has 0 bridgehead atoms. The van der Waals surface area contributed by atoms with Crippen molar-refractivity contribution >= 4 is 34.2 Å². The van der Waals surface area contributed by atoms with E-state index in [1.54, 1.807) is 49.5 Å². The maximum atomic E-state index is 14.2. The number of benzene rings is 2. The Kier molecular flexibility index (Phi) is 4.08. The lowest BCUT2D eigenvalue weighted by Crippen LogP contribution is -2.04. The van der Waals surface area contributed by atoms with Gasteiger partial charge in [0, 0.05) is 17.4 Å². The van der Waals surface area contributed by atoms with E-state index in [4.69, 9.17) is 4.42 Å². The van der Waals surface area contributed by atoms with Crippen LogP contribution in [-0.2, 0) is 0 Å². The molecule has 2 aromatic carbocycles. The van der Waals surface area contributed by atoms with Crippen molar-refractivity contribution in [1.82, 2.24) is 15.0 Å². The Morgan fingerprint density at radius 3 is 2.81 bits per heavy atom. The van der Waals surface area contributed by atoms with Crippen molar-refractivity contribution < 1.29 is 8.81 Å². The highest BCUT2D eigenvalue weighted by molar-refractivity contribution is 5.78. The number of anilines is 4. The largest absolute Gasteiger partial charge is 0.417 e. The van der Waals surface area contributed by atoms with Crippen molar-refractivity contribution in [3.8, 4) is 0 Å².